The van der Waals surface area contributed by atoms with E-state index < -0.39 is 11.8 Å². The molecule has 1 aliphatic heterocycles. The number of thiocarbonyl (C=S) groups is 1. The molecule has 2 heterocycles. The summed E-state index contributed by atoms with van der Waals surface area (Å²) >= 11 is 8.38. The van der Waals surface area contributed by atoms with E-state index >= 15 is 0 Å². The predicted octanol–water partition coefficient (Wildman–Crippen LogP) is 3.83. The molecule has 2 aromatic rings. The zero-order chi connectivity index (χ0) is 18.0. The first-order chi connectivity index (χ1) is 12.0. The second-order valence-electron chi connectivity index (χ2n) is 5.52. The molecule has 1 aromatic carbocycles. The average molecular weight is 419 g/mol. The maximum Gasteiger partial charge on any atom is 0.270 e. The van der Waals surface area contributed by atoms with Crippen LogP contribution in [0.4, 0.5) is 5.69 Å². The summed E-state index contributed by atoms with van der Waals surface area (Å²) in [6, 6.07) is 10.9. The van der Waals surface area contributed by atoms with Crippen molar-refractivity contribution < 1.29 is 14.0 Å². The minimum Gasteiger partial charge on any atom is -0.450 e. The molecule has 128 valence electrons. The lowest BCUT2D eigenvalue weighted by Crippen LogP contribution is -2.54. The minimum absolute atomic E-state index is 0.0342. The van der Waals surface area contributed by atoms with E-state index in [1.54, 1.807) is 12.1 Å². The number of anilines is 1. The molecule has 1 aliphatic rings. The zero-order valence-corrected chi connectivity index (χ0v) is 15.8. The quantitative estimate of drug-likeness (QED) is 0.465. The van der Waals surface area contributed by atoms with E-state index in [2.05, 4.69) is 28.2 Å². The van der Waals surface area contributed by atoms with Crippen molar-refractivity contribution in [3.8, 4) is 0 Å². The Morgan fingerprint density at radius 1 is 1.20 bits per heavy atom. The number of nitrogens with zero attached hydrogens (tertiary/aromatic N) is 1. The normalized spacial score (nSPS) is 16.5. The standard InChI is InChI=1S/C18H15BrN2O3S/c1-2-3-11-4-6-12(7-5-11)21-17(23)14(16(22)20-18(21)25)10-13-8-9-15(19)24-13/h4-10H,2-3H2,1H3,(H,20,22,25)/b14-10+. The molecule has 3 rings (SSSR count). The van der Waals surface area contributed by atoms with Gasteiger partial charge in [-0.3, -0.25) is 19.8 Å². The van der Waals surface area contributed by atoms with E-state index in [0.717, 1.165) is 12.8 Å². The zero-order valence-electron chi connectivity index (χ0n) is 13.4. The van der Waals surface area contributed by atoms with Crippen LogP contribution < -0.4 is 10.2 Å². The third-order valence-corrected chi connectivity index (χ3v) is 4.43. The second-order valence-corrected chi connectivity index (χ2v) is 6.68. The van der Waals surface area contributed by atoms with Gasteiger partial charge in [-0.05, 0) is 70.5 Å². The fourth-order valence-electron chi connectivity index (χ4n) is 2.54. The Bertz CT molecular complexity index is 871. The topological polar surface area (TPSA) is 62.6 Å². The molecule has 1 fully saturated rings. The maximum absolute atomic E-state index is 12.8. The van der Waals surface area contributed by atoms with Crippen molar-refractivity contribution in [3.05, 3.63) is 58.0 Å². The van der Waals surface area contributed by atoms with E-state index in [0.29, 0.717) is 16.1 Å². The number of rotatable bonds is 4. The van der Waals surface area contributed by atoms with Gasteiger partial charge in [0.05, 0.1) is 5.69 Å². The molecule has 1 saturated heterocycles. The van der Waals surface area contributed by atoms with Crippen molar-refractivity contribution in [2.24, 2.45) is 0 Å². The summed E-state index contributed by atoms with van der Waals surface area (Å²) in [4.78, 5) is 26.3. The third kappa shape index (κ3) is 3.72. The monoisotopic (exact) mass is 418 g/mol. The van der Waals surface area contributed by atoms with E-state index in [1.807, 2.05) is 24.3 Å². The molecule has 0 radical (unpaired) electrons. The van der Waals surface area contributed by atoms with Gasteiger partial charge in [-0.15, -0.1) is 0 Å². The summed E-state index contributed by atoms with van der Waals surface area (Å²) < 4.78 is 5.87. The van der Waals surface area contributed by atoms with Crippen LogP contribution in [0.5, 0.6) is 0 Å². The van der Waals surface area contributed by atoms with Crippen LogP contribution in [-0.2, 0) is 16.0 Å². The van der Waals surface area contributed by atoms with Crippen LogP contribution in [0.15, 0.2) is 51.1 Å². The van der Waals surface area contributed by atoms with Gasteiger partial charge in [0.25, 0.3) is 11.8 Å². The van der Waals surface area contributed by atoms with Crippen LogP contribution in [-0.4, -0.2) is 16.9 Å². The predicted molar refractivity (Wildman–Crippen MR) is 103 cm³/mol. The van der Waals surface area contributed by atoms with Gasteiger partial charge < -0.3 is 4.42 Å². The lowest BCUT2D eigenvalue weighted by molar-refractivity contribution is -0.122. The van der Waals surface area contributed by atoms with Gasteiger partial charge in [0, 0.05) is 0 Å². The molecule has 7 heteroatoms. The number of furan rings is 1. The number of aryl methyl sites for hydroxylation is 1. The fourth-order valence-corrected chi connectivity index (χ4v) is 3.14. The molecule has 0 spiro atoms. The number of halogens is 1. The van der Waals surface area contributed by atoms with E-state index in [9.17, 15) is 9.59 Å². The van der Waals surface area contributed by atoms with Crippen molar-refractivity contribution in [3.63, 3.8) is 0 Å². The van der Waals surface area contributed by atoms with Gasteiger partial charge >= 0.3 is 0 Å². The van der Waals surface area contributed by atoms with Crippen LogP contribution in [0, 0.1) is 0 Å². The third-order valence-electron chi connectivity index (χ3n) is 3.72. The Labute approximate surface area is 158 Å². The second kappa shape index (κ2) is 7.33. The number of hydrogen-bond donors (Lipinski definition) is 1. The molecule has 25 heavy (non-hydrogen) atoms. The summed E-state index contributed by atoms with van der Waals surface area (Å²) in [5.74, 6) is -0.623. The molecule has 2 amide bonds. The first-order valence-corrected chi connectivity index (χ1v) is 8.95. The highest BCUT2D eigenvalue weighted by atomic mass is 79.9. The highest BCUT2D eigenvalue weighted by molar-refractivity contribution is 9.10. The largest absolute Gasteiger partial charge is 0.450 e. The smallest absolute Gasteiger partial charge is 0.270 e. The van der Waals surface area contributed by atoms with Crippen LogP contribution >= 0.6 is 28.1 Å². The number of benzene rings is 1. The summed E-state index contributed by atoms with van der Waals surface area (Å²) in [5.41, 5.74) is 1.76. The molecule has 5 nitrogen and oxygen atoms in total. The Morgan fingerprint density at radius 2 is 1.92 bits per heavy atom. The van der Waals surface area contributed by atoms with Crippen LogP contribution in [0.25, 0.3) is 6.08 Å². The minimum atomic E-state index is -0.540. The lowest BCUT2D eigenvalue weighted by Gasteiger charge is -2.28. The van der Waals surface area contributed by atoms with Crippen molar-refractivity contribution in [1.82, 2.24) is 5.32 Å². The van der Waals surface area contributed by atoms with E-state index in [1.165, 1.54) is 16.5 Å². The van der Waals surface area contributed by atoms with E-state index in [4.69, 9.17) is 16.6 Å². The Balaban J connectivity index is 1.93. The van der Waals surface area contributed by atoms with Crippen molar-refractivity contribution >= 4 is 56.8 Å². The van der Waals surface area contributed by atoms with Crippen LogP contribution in [0.2, 0.25) is 0 Å². The maximum atomic E-state index is 12.8. The summed E-state index contributed by atoms with van der Waals surface area (Å²) in [6.07, 6.45) is 3.42. The van der Waals surface area contributed by atoms with Crippen molar-refractivity contribution in [1.29, 1.82) is 0 Å². The van der Waals surface area contributed by atoms with Crippen molar-refractivity contribution in [2.45, 2.75) is 19.8 Å². The molecule has 0 bridgehead atoms. The molecular formula is C18H15BrN2O3S. The molecule has 0 saturated carbocycles. The van der Waals surface area contributed by atoms with E-state index in [-0.39, 0.29) is 10.7 Å². The number of carbonyl (C=O) groups is 2. The summed E-state index contributed by atoms with van der Waals surface area (Å²) in [5, 5.41) is 2.62. The Kier molecular flexibility index (Phi) is 5.15. The summed E-state index contributed by atoms with van der Waals surface area (Å²) in [7, 11) is 0. The number of carbonyl (C=O) groups excluding carboxylic acids is 2. The average Bonchev–Trinajstić information content (AvgIpc) is 2.98. The molecule has 1 N–H and O–H groups in total. The molecule has 1 aromatic heterocycles. The van der Waals surface area contributed by atoms with Crippen LogP contribution in [0.3, 0.4) is 0 Å². The van der Waals surface area contributed by atoms with Gasteiger partial charge in [0.15, 0.2) is 9.78 Å². The number of nitrogens with one attached hydrogen (secondary N) is 1. The van der Waals surface area contributed by atoms with Gasteiger partial charge in [-0.25, -0.2) is 0 Å². The van der Waals surface area contributed by atoms with Gasteiger partial charge in [0.1, 0.15) is 11.3 Å². The number of hydrogen-bond acceptors (Lipinski definition) is 4. The molecule has 0 aliphatic carbocycles. The lowest BCUT2D eigenvalue weighted by atomic mass is 10.1. The fraction of sp³-hybridized carbons (Fsp3) is 0.167. The van der Waals surface area contributed by atoms with Gasteiger partial charge in [0.2, 0.25) is 0 Å². The van der Waals surface area contributed by atoms with Gasteiger partial charge in [-0.2, -0.15) is 0 Å². The first kappa shape index (κ1) is 17.6. The summed E-state index contributed by atoms with van der Waals surface area (Å²) in [6.45, 7) is 2.11. The molecule has 0 unspecified atom stereocenters. The molecule has 0 atom stereocenters. The van der Waals surface area contributed by atoms with Crippen molar-refractivity contribution in [2.75, 3.05) is 4.90 Å². The highest BCUT2D eigenvalue weighted by Crippen LogP contribution is 2.24. The van der Waals surface area contributed by atoms with Crippen LogP contribution in [0.1, 0.15) is 24.7 Å². The number of amides is 2. The highest BCUT2D eigenvalue weighted by Gasteiger charge is 2.34. The SMILES string of the molecule is CCCc1ccc(N2C(=O)/C(=C/c3ccc(Br)o3)C(=O)NC2=S)cc1. The van der Waals surface area contributed by atoms with Gasteiger partial charge in [-0.1, -0.05) is 25.5 Å². The Hall–Kier alpha value is -2.25. The first-order valence-electron chi connectivity index (χ1n) is 7.75. The molecular weight excluding hydrogens is 404 g/mol. The Morgan fingerprint density at radius 3 is 2.52 bits per heavy atom.